The van der Waals surface area contributed by atoms with Crippen molar-refractivity contribution in [1.29, 1.82) is 0 Å². The van der Waals surface area contributed by atoms with Crippen molar-refractivity contribution in [3.63, 3.8) is 0 Å². The van der Waals surface area contributed by atoms with Gasteiger partial charge in [0.2, 0.25) is 10.0 Å². The summed E-state index contributed by atoms with van der Waals surface area (Å²) in [6.45, 7) is 4.21. The van der Waals surface area contributed by atoms with Gasteiger partial charge in [-0.25, -0.2) is 13.1 Å². The van der Waals surface area contributed by atoms with Crippen molar-refractivity contribution in [2.45, 2.75) is 25.2 Å². The first-order valence-corrected chi connectivity index (χ1v) is 8.88. The summed E-state index contributed by atoms with van der Waals surface area (Å²) in [5.74, 6) is -0.346. The molecule has 0 aliphatic heterocycles. The quantitative estimate of drug-likeness (QED) is 0.854. The number of hydrogen-bond acceptors (Lipinski definition) is 3. The molecule has 6 heteroatoms. The van der Waals surface area contributed by atoms with Gasteiger partial charge in [-0.1, -0.05) is 30.7 Å². The molecule has 0 saturated heterocycles. The smallest absolute Gasteiger partial charge is 0.255 e. The van der Waals surface area contributed by atoms with Gasteiger partial charge in [-0.2, -0.15) is 0 Å². The SMILES string of the molecule is CCCNS(=O)(=O)c1cccc(C(=O)Nc2ccc(C)cc2)c1. The minimum Gasteiger partial charge on any atom is -0.322 e. The Morgan fingerprint density at radius 3 is 2.43 bits per heavy atom. The average molecular weight is 332 g/mol. The number of amides is 1. The molecule has 0 spiro atoms. The van der Waals surface area contributed by atoms with Gasteiger partial charge < -0.3 is 5.32 Å². The Bertz CT molecular complexity index is 784. The zero-order chi connectivity index (χ0) is 16.9. The van der Waals surface area contributed by atoms with Crippen molar-refractivity contribution in [3.05, 3.63) is 59.7 Å². The van der Waals surface area contributed by atoms with Crippen LogP contribution >= 0.6 is 0 Å². The average Bonchev–Trinajstić information content (AvgIpc) is 2.55. The first kappa shape index (κ1) is 17.2. The second-order valence-electron chi connectivity index (χ2n) is 5.25. The van der Waals surface area contributed by atoms with Crippen molar-refractivity contribution >= 4 is 21.6 Å². The lowest BCUT2D eigenvalue weighted by Gasteiger charge is -2.09. The number of rotatable bonds is 6. The fourth-order valence-corrected chi connectivity index (χ4v) is 3.14. The molecular weight excluding hydrogens is 312 g/mol. The van der Waals surface area contributed by atoms with Crippen LogP contribution < -0.4 is 10.0 Å². The minimum atomic E-state index is -3.59. The van der Waals surface area contributed by atoms with Gasteiger partial charge in [0.1, 0.15) is 0 Å². The molecule has 0 fully saturated rings. The predicted molar refractivity (Wildman–Crippen MR) is 91.1 cm³/mol. The highest BCUT2D eigenvalue weighted by molar-refractivity contribution is 7.89. The lowest BCUT2D eigenvalue weighted by Crippen LogP contribution is -2.24. The largest absolute Gasteiger partial charge is 0.322 e. The van der Waals surface area contributed by atoms with Gasteiger partial charge in [-0.15, -0.1) is 0 Å². The number of hydrogen-bond donors (Lipinski definition) is 2. The van der Waals surface area contributed by atoms with Crippen LogP contribution in [-0.2, 0) is 10.0 Å². The molecule has 0 heterocycles. The van der Waals surface area contributed by atoms with Crippen LogP contribution in [0.25, 0.3) is 0 Å². The van der Waals surface area contributed by atoms with Crippen LogP contribution in [0, 0.1) is 6.92 Å². The van der Waals surface area contributed by atoms with Crippen LogP contribution in [0.3, 0.4) is 0 Å². The Morgan fingerprint density at radius 1 is 1.09 bits per heavy atom. The van der Waals surface area contributed by atoms with E-state index in [2.05, 4.69) is 10.0 Å². The molecule has 2 N–H and O–H groups in total. The highest BCUT2D eigenvalue weighted by atomic mass is 32.2. The Labute approximate surface area is 136 Å². The highest BCUT2D eigenvalue weighted by Gasteiger charge is 2.15. The van der Waals surface area contributed by atoms with E-state index >= 15 is 0 Å². The minimum absolute atomic E-state index is 0.0857. The molecule has 0 atom stereocenters. The molecule has 0 aromatic heterocycles. The van der Waals surface area contributed by atoms with E-state index in [0.717, 1.165) is 5.56 Å². The molecule has 23 heavy (non-hydrogen) atoms. The van der Waals surface area contributed by atoms with Crippen LogP contribution in [0.5, 0.6) is 0 Å². The first-order valence-electron chi connectivity index (χ1n) is 7.40. The van der Waals surface area contributed by atoms with E-state index in [4.69, 9.17) is 0 Å². The molecule has 0 radical (unpaired) electrons. The lowest BCUT2D eigenvalue weighted by atomic mass is 10.2. The van der Waals surface area contributed by atoms with Gasteiger partial charge in [-0.3, -0.25) is 4.79 Å². The third-order valence-corrected chi connectivity index (χ3v) is 4.72. The summed E-state index contributed by atoms with van der Waals surface area (Å²) in [6, 6.07) is 13.4. The van der Waals surface area contributed by atoms with Crippen LogP contribution in [0.15, 0.2) is 53.4 Å². The summed E-state index contributed by atoms with van der Waals surface area (Å²) in [4.78, 5) is 12.4. The molecule has 5 nitrogen and oxygen atoms in total. The fraction of sp³-hybridized carbons (Fsp3) is 0.235. The third-order valence-electron chi connectivity index (χ3n) is 3.26. The number of carbonyl (C=O) groups is 1. The van der Waals surface area contributed by atoms with Gasteiger partial charge in [0.25, 0.3) is 5.91 Å². The molecule has 0 aliphatic carbocycles. The van der Waals surface area contributed by atoms with Gasteiger partial charge in [-0.05, 0) is 43.7 Å². The highest BCUT2D eigenvalue weighted by Crippen LogP contribution is 2.14. The predicted octanol–water partition coefficient (Wildman–Crippen LogP) is 2.94. The molecule has 0 unspecified atom stereocenters. The Balaban J connectivity index is 2.18. The summed E-state index contributed by atoms with van der Waals surface area (Å²) in [7, 11) is -3.59. The summed E-state index contributed by atoms with van der Waals surface area (Å²) in [5, 5.41) is 2.75. The standard InChI is InChI=1S/C17H20N2O3S/c1-3-11-18-23(21,22)16-6-4-5-14(12-16)17(20)19-15-9-7-13(2)8-10-15/h4-10,12,18H,3,11H2,1-2H3,(H,19,20). The van der Waals surface area contributed by atoms with E-state index in [1.807, 2.05) is 26.0 Å². The van der Waals surface area contributed by atoms with Gasteiger partial charge in [0, 0.05) is 17.8 Å². The monoisotopic (exact) mass is 332 g/mol. The van der Waals surface area contributed by atoms with Crippen molar-refractivity contribution in [2.75, 3.05) is 11.9 Å². The Hall–Kier alpha value is -2.18. The topological polar surface area (TPSA) is 75.3 Å². The van der Waals surface area contributed by atoms with E-state index in [9.17, 15) is 13.2 Å². The first-order chi connectivity index (χ1) is 10.9. The summed E-state index contributed by atoms with van der Waals surface area (Å²) in [5.41, 5.74) is 2.06. The van der Waals surface area contributed by atoms with Crippen molar-refractivity contribution in [2.24, 2.45) is 0 Å². The van der Waals surface area contributed by atoms with Crippen LogP contribution in [-0.4, -0.2) is 20.9 Å². The summed E-state index contributed by atoms with van der Waals surface area (Å²) >= 11 is 0. The number of benzene rings is 2. The molecule has 2 aromatic rings. The van der Waals surface area contributed by atoms with Crippen LogP contribution in [0.2, 0.25) is 0 Å². The summed E-state index contributed by atoms with van der Waals surface area (Å²) in [6.07, 6.45) is 0.701. The van der Waals surface area contributed by atoms with Crippen LogP contribution in [0.4, 0.5) is 5.69 Å². The normalized spacial score (nSPS) is 11.2. The number of carbonyl (C=O) groups excluding carboxylic acids is 1. The fourth-order valence-electron chi connectivity index (χ4n) is 1.96. The molecule has 122 valence electrons. The number of anilines is 1. The van der Waals surface area contributed by atoms with E-state index in [0.29, 0.717) is 24.2 Å². The van der Waals surface area contributed by atoms with Gasteiger partial charge in [0.05, 0.1) is 4.90 Å². The Kier molecular flexibility index (Phi) is 5.52. The molecule has 0 aliphatic rings. The van der Waals surface area contributed by atoms with E-state index in [1.54, 1.807) is 24.3 Å². The second kappa shape index (κ2) is 7.39. The van der Waals surface area contributed by atoms with E-state index in [1.165, 1.54) is 12.1 Å². The maximum Gasteiger partial charge on any atom is 0.255 e. The zero-order valence-electron chi connectivity index (χ0n) is 13.2. The van der Waals surface area contributed by atoms with Crippen molar-refractivity contribution in [3.8, 4) is 0 Å². The maximum atomic E-state index is 12.3. The molecule has 2 rings (SSSR count). The molecular formula is C17H20N2O3S. The number of sulfonamides is 1. The van der Waals surface area contributed by atoms with Crippen molar-refractivity contribution in [1.82, 2.24) is 4.72 Å². The summed E-state index contributed by atoms with van der Waals surface area (Å²) < 4.78 is 26.7. The third kappa shape index (κ3) is 4.64. The Morgan fingerprint density at radius 2 is 1.78 bits per heavy atom. The van der Waals surface area contributed by atoms with Gasteiger partial charge in [0.15, 0.2) is 0 Å². The van der Waals surface area contributed by atoms with Crippen molar-refractivity contribution < 1.29 is 13.2 Å². The zero-order valence-corrected chi connectivity index (χ0v) is 14.0. The molecule has 1 amide bonds. The van der Waals surface area contributed by atoms with Gasteiger partial charge >= 0.3 is 0 Å². The van der Waals surface area contributed by atoms with Crippen LogP contribution in [0.1, 0.15) is 29.3 Å². The van der Waals surface area contributed by atoms with E-state index < -0.39 is 10.0 Å². The molecule has 2 aromatic carbocycles. The number of nitrogens with one attached hydrogen (secondary N) is 2. The maximum absolute atomic E-state index is 12.3. The van der Waals surface area contributed by atoms with E-state index in [-0.39, 0.29) is 10.8 Å². The molecule has 0 bridgehead atoms. The second-order valence-corrected chi connectivity index (χ2v) is 7.01. The number of aryl methyl sites for hydroxylation is 1. The molecule has 0 saturated carbocycles. The lowest BCUT2D eigenvalue weighted by molar-refractivity contribution is 0.102.